The number of pyridine rings is 1. The Morgan fingerprint density at radius 1 is 1.12 bits per heavy atom. The highest BCUT2D eigenvalue weighted by Crippen LogP contribution is 2.25. The van der Waals surface area contributed by atoms with Crippen LogP contribution in [0.15, 0.2) is 59.6 Å². The highest BCUT2D eigenvalue weighted by molar-refractivity contribution is 7.89. The fourth-order valence-corrected chi connectivity index (χ4v) is 5.61. The molecule has 1 amide bonds. The molecular weight excluding hydrogens is 443 g/mol. The van der Waals surface area contributed by atoms with Gasteiger partial charge in [0, 0.05) is 44.3 Å². The van der Waals surface area contributed by atoms with Crippen molar-refractivity contribution in [3.05, 3.63) is 71.7 Å². The van der Waals surface area contributed by atoms with E-state index in [-0.39, 0.29) is 16.6 Å². The number of amides is 1. The van der Waals surface area contributed by atoms with Gasteiger partial charge in [0.2, 0.25) is 15.9 Å². The third-order valence-electron chi connectivity index (χ3n) is 6.01. The molecule has 1 atom stereocenters. The number of carbonyl (C=O) groups is 1. The maximum Gasteiger partial charge on any atom is 0.245 e. The second-order valence-electron chi connectivity index (χ2n) is 8.30. The highest BCUT2D eigenvalue weighted by atomic mass is 32.2. The predicted molar refractivity (Wildman–Crippen MR) is 125 cm³/mol. The van der Waals surface area contributed by atoms with Crippen molar-refractivity contribution >= 4 is 26.8 Å². The van der Waals surface area contributed by atoms with Gasteiger partial charge in [-0.05, 0) is 49.2 Å². The number of aromatic nitrogens is 1. The van der Waals surface area contributed by atoms with E-state index in [0.29, 0.717) is 38.2 Å². The molecule has 2 aromatic carbocycles. The monoisotopic (exact) mass is 470 g/mol. The summed E-state index contributed by atoms with van der Waals surface area (Å²) in [6.45, 7) is 5.51. The van der Waals surface area contributed by atoms with Gasteiger partial charge in [0.15, 0.2) is 0 Å². The fourth-order valence-electron chi connectivity index (χ4n) is 4.03. The number of hydrogen-bond donors (Lipinski definition) is 1. The molecule has 1 aliphatic rings. The molecule has 33 heavy (non-hydrogen) atoms. The second kappa shape index (κ2) is 9.54. The standard InChI is InChI=1S/C24H27FN4O3S/c1-17-14-20-4-3-5-22(23(20)26-15-17)33(31,32)29-12-10-28(11-13-29)18(2)24(30)27-16-19-6-8-21(25)9-7-19/h3-9,14-15,18H,10-13,16H2,1-2H3,(H,27,30). The SMILES string of the molecule is Cc1cnc2c(S(=O)(=O)N3CCN(C(C)C(=O)NCc4ccc(F)cc4)CC3)cccc2c1. The molecule has 174 valence electrons. The fraction of sp³-hybridized carbons (Fsp3) is 0.333. The van der Waals surface area contributed by atoms with Gasteiger partial charge in [-0.2, -0.15) is 4.31 Å². The van der Waals surface area contributed by atoms with Crippen LogP contribution in [0, 0.1) is 12.7 Å². The minimum atomic E-state index is -3.71. The van der Waals surface area contributed by atoms with Crippen molar-refractivity contribution in [3.63, 3.8) is 0 Å². The Morgan fingerprint density at radius 3 is 2.52 bits per heavy atom. The van der Waals surface area contributed by atoms with Crippen LogP contribution >= 0.6 is 0 Å². The topological polar surface area (TPSA) is 82.6 Å². The normalized spacial score (nSPS) is 16.6. The molecule has 0 saturated carbocycles. The van der Waals surface area contributed by atoms with E-state index in [1.807, 2.05) is 24.0 Å². The summed E-state index contributed by atoms with van der Waals surface area (Å²) in [5, 5.41) is 3.66. The van der Waals surface area contributed by atoms with Crippen LogP contribution in [-0.4, -0.2) is 60.7 Å². The smallest absolute Gasteiger partial charge is 0.245 e. The molecule has 4 rings (SSSR count). The molecule has 1 unspecified atom stereocenters. The molecule has 3 aromatic rings. The summed E-state index contributed by atoms with van der Waals surface area (Å²) in [6.07, 6.45) is 1.67. The Balaban J connectivity index is 1.39. The summed E-state index contributed by atoms with van der Waals surface area (Å²) in [5.41, 5.74) is 2.25. The summed E-state index contributed by atoms with van der Waals surface area (Å²) < 4.78 is 41.2. The Labute approximate surface area is 193 Å². The molecule has 1 aliphatic heterocycles. The number of nitrogens with one attached hydrogen (secondary N) is 1. The number of sulfonamides is 1. The lowest BCUT2D eigenvalue weighted by atomic mass is 10.2. The molecule has 1 saturated heterocycles. The van der Waals surface area contributed by atoms with Crippen molar-refractivity contribution in [2.75, 3.05) is 26.2 Å². The number of aryl methyl sites for hydroxylation is 1. The van der Waals surface area contributed by atoms with Gasteiger partial charge in [-0.15, -0.1) is 0 Å². The van der Waals surface area contributed by atoms with E-state index in [9.17, 15) is 17.6 Å². The lowest BCUT2D eigenvalue weighted by Crippen LogP contribution is -2.54. The first-order valence-corrected chi connectivity index (χ1v) is 12.3. The molecule has 7 nitrogen and oxygen atoms in total. The Kier molecular flexibility index (Phi) is 6.73. The summed E-state index contributed by atoms with van der Waals surface area (Å²) >= 11 is 0. The van der Waals surface area contributed by atoms with Crippen molar-refractivity contribution in [1.82, 2.24) is 19.5 Å². The van der Waals surface area contributed by atoms with Gasteiger partial charge >= 0.3 is 0 Å². The maximum atomic E-state index is 13.3. The first-order chi connectivity index (χ1) is 15.8. The lowest BCUT2D eigenvalue weighted by molar-refractivity contribution is -0.126. The zero-order valence-corrected chi connectivity index (χ0v) is 19.5. The van der Waals surface area contributed by atoms with Crippen LogP contribution in [0.2, 0.25) is 0 Å². The van der Waals surface area contributed by atoms with E-state index in [1.165, 1.54) is 16.4 Å². The zero-order chi connectivity index (χ0) is 23.6. The highest BCUT2D eigenvalue weighted by Gasteiger charge is 2.32. The zero-order valence-electron chi connectivity index (χ0n) is 18.7. The first-order valence-electron chi connectivity index (χ1n) is 10.9. The van der Waals surface area contributed by atoms with Crippen LogP contribution in [-0.2, 0) is 21.4 Å². The molecular formula is C24H27FN4O3S. The van der Waals surface area contributed by atoms with Gasteiger partial charge < -0.3 is 5.32 Å². The molecule has 9 heteroatoms. The number of fused-ring (bicyclic) bond motifs is 1. The first kappa shape index (κ1) is 23.3. The van der Waals surface area contributed by atoms with Crippen molar-refractivity contribution < 1.29 is 17.6 Å². The van der Waals surface area contributed by atoms with Crippen molar-refractivity contribution in [3.8, 4) is 0 Å². The number of carbonyl (C=O) groups excluding carboxylic acids is 1. The lowest BCUT2D eigenvalue weighted by Gasteiger charge is -2.36. The second-order valence-corrected chi connectivity index (χ2v) is 10.2. The van der Waals surface area contributed by atoms with E-state index in [4.69, 9.17) is 0 Å². The molecule has 0 aliphatic carbocycles. The van der Waals surface area contributed by atoms with Crippen LogP contribution in [0.3, 0.4) is 0 Å². The van der Waals surface area contributed by atoms with Gasteiger partial charge in [-0.3, -0.25) is 14.7 Å². The predicted octanol–water partition coefficient (Wildman–Crippen LogP) is 2.69. The third kappa shape index (κ3) is 5.05. The van der Waals surface area contributed by atoms with Crippen LogP contribution in [0.4, 0.5) is 4.39 Å². The third-order valence-corrected chi connectivity index (χ3v) is 7.94. The molecule has 1 fully saturated rings. The molecule has 0 radical (unpaired) electrons. The van der Waals surface area contributed by atoms with Crippen molar-refractivity contribution in [2.24, 2.45) is 0 Å². The number of hydrogen-bond acceptors (Lipinski definition) is 5. The van der Waals surface area contributed by atoms with E-state index < -0.39 is 16.1 Å². The molecule has 2 heterocycles. The number of piperazine rings is 1. The Morgan fingerprint density at radius 2 is 1.82 bits per heavy atom. The van der Waals surface area contributed by atoms with E-state index in [0.717, 1.165) is 16.5 Å². The molecule has 1 N–H and O–H groups in total. The molecule has 1 aromatic heterocycles. The van der Waals surface area contributed by atoms with Gasteiger partial charge in [-0.25, -0.2) is 12.8 Å². The summed E-state index contributed by atoms with van der Waals surface area (Å²) in [5.74, 6) is -0.468. The van der Waals surface area contributed by atoms with Gasteiger partial charge in [0.25, 0.3) is 0 Å². The van der Waals surface area contributed by atoms with Crippen molar-refractivity contribution in [2.45, 2.75) is 31.3 Å². The Bertz CT molecular complexity index is 1260. The maximum absolute atomic E-state index is 13.3. The van der Waals surface area contributed by atoms with Gasteiger partial charge in [0.1, 0.15) is 10.7 Å². The number of para-hydroxylation sites is 1. The molecule has 0 bridgehead atoms. The van der Waals surface area contributed by atoms with Crippen LogP contribution in [0.1, 0.15) is 18.1 Å². The van der Waals surface area contributed by atoms with E-state index in [2.05, 4.69) is 10.3 Å². The largest absolute Gasteiger partial charge is 0.351 e. The van der Waals surface area contributed by atoms with E-state index >= 15 is 0 Å². The summed E-state index contributed by atoms with van der Waals surface area (Å²) in [7, 11) is -3.71. The van der Waals surface area contributed by atoms with Crippen molar-refractivity contribution in [1.29, 1.82) is 0 Å². The number of nitrogens with zero attached hydrogens (tertiary/aromatic N) is 3. The summed E-state index contributed by atoms with van der Waals surface area (Å²) in [6, 6.07) is 12.7. The number of benzene rings is 2. The number of halogens is 1. The van der Waals surface area contributed by atoms with Gasteiger partial charge in [-0.1, -0.05) is 24.3 Å². The van der Waals surface area contributed by atoms with Crippen LogP contribution in [0.5, 0.6) is 0 Å². The summed E-state index contributed by atoms with van der Waals surface area (Å²) in [4.78, 5) is 19.1. The number of rotatable bonds is 6. The average Bonchev–Trinajstić information content (AvgIpc) is 2.82. The van der Waals surface area contributed by atoms with Gasteiger partial charge in [0.05, 0.1) is 11.6 Å². The minimum Gasteiger partial charge on any atom is -0.351 e. The minimum absolute atomic E-state index is 0.149. The van der Waals surface area contributed by atoms with Crippen LogP contribution in [0.25, 0.3) is 10.9 Å². The Hall–Kier alpha value is -2.88. The van der Waals surface area contributed by atoms with E-state index in [1.54, 1.807) is 37.4 Å². The van der Waals surface area contributed by atoms with Crippen LogP contribution < -0.4 is 5.32 Å². The quantitative estimate of drug-likeness (QED) is 0.599. The average molecular weight is 471 g/mol. The molecule has 0 spiro atoms.